The van der Waals surface area contributed by atoms with Gasteiger partial charge in [-0.2, -0.15) is 19.9 Å². The molecule has 32 heavy (non-hydrogen) atoms. The van der Waals surface area contributed by atoms with E-state index in [4.69, 9.17) is 0 Å². The summed E-state index contributed by atoms with van der Waals surface area (Å²) in [5.74, 6) is -0.119. The van der Waals surface area contributed by atoms with Gasteiger partial charge in [0.15, 0.2) is 5.65 Å². The summed E-state index contributed by atoms with van der Waals surface area (Å²) < 4.78 is 16.0. The maximum Gasteiger partial charge on any atom is 0.286 e. The Morgan fingerprint density at radius 3 is 2.31 bits per heavy atom. The predicted octanol–water partition coefficient (Wildman–Crippen LogP) is 4.35. The van der Waals surface area contributed by atoms with E-state index in [1.807, 2.05) is 60.7 Å². The van der Waals surface area contributed by atoms with Crippen molar-refractivity contribution in [3.8, 4) is 5.69 Å². The van der Waals surface area contributed by atoms with Crippen molar-refractivity contribution in [1.82, 2.24) is 19.4 Å². The van der Waals surface area contributed by atoms with Crippen LogP contribution < -0.4 is 10.9 Å². The van der Waals surface area contributed by atoms with Crippen molar-refractivity contribution in [2.45, 2.75) is 0 Å². The van der Waals surface area contributed by atoms with E-state index in [-0.39, 0.29) is 17.3 Å². The van der Waals surface area contributed by atoms with Crippen LogP contribution in [0.1, 0.15) is 5.56 Å². The van der Waals surface area contributed by atoms with Gasteiger partial charge in [-0.15, -0.1) is 0 Å². The molecule has 0 unspecified atom stereocenters. The smallest absolute Gasteiger partial charge is 0.286 e. The van der Waals surface area contributed by atoms with Crippen LogP contribution in [0, 0.1) is 5.82 Å². The molecule has 0 aliphatic heterocycles. The molecular weight excluding hydrogens is 407 g/mol. The Balaban J connectivity index is 1.67. The number of benzene rings is 3. The lowest BCUT2D eigenvalue weighted by Gasteiger charge is -2.11. The van der Waals surface area contributed by atoms with Gasteiger partial charge in [-0.05, 0) is 42.0 Å². The van der Waals surface area contributed by atoms with E-state index in [1.165, 1.54) is 29.2 Å². The maximum absolute atomic E-state index is 13.3. The number of rotatable bonds is 5. The van der Waals surface area contributed by atoms with Crippen molar-refractivity contribution in [3.05, 3.63) is 113 Å². The van der Waals surface area contributed by atoms with E-state index in [9.17, 15) is 9.18 Å². The third-order valence-electron chi connectivity index (χ3n) is 4.80. The molecule has 2 aromatic heterocycles. The lowest BCUT2D eigenvalue weighted by Crippen LogP contribution is -2.21. The molecule has 7 nitrogen and oxygen atoms in total. The van der Waals surface area contributed by atoms with Gasteiger partial charge < -0.3 is 5.32 Å². The number of anilines is 2. The molecule has 0 atom stereocenters. The van der Waals surface area contributed by atoms with Crippen molar-refractivity contribution < 1.29 is 4.39 Å². The van der Waals surface area contributed by atoms with E-state index < -0.39 is 0 Å². The molecule has 3 aromatic carbocycles. The Morgan fingerprint density at radius 2 is 1.59 bits per heavy atom. The molecule has 5 rings (SSSR count). The van der Waals surface area contributed by atoms with Crippen LogP contribution in [0.2, 0.25) is 0 Å². The minimum absolute atomic E-state index is 0.227. The average molecular weight is 424 g/mol. The van der Waals surface area contributed by atoms with Gasteiger partial charge in [0.25, 0.3) is 5.56 Å². The zero-order valence-electron chi connectivity index (χ0n) is 16.8. The Kier molecular flexibility index (Phi) is 5.01. The molecule has 0 fully saturated rings. The van der Waals surface area contributed by atoms with Crippen LogP contribution in [0.3, 0.4) is 0 Å². The fraction of sp³-hybridized carbons (Fsp3) is 0. The average Bonchev–Trinajstić information content (AvgIpc) is 3.25. The van der Waals surface area contributed by atoms with Crippen LogP contribution in [0.15, 0.2) is 101 Å². The number of para-hydroxylation sites is 2. The highest BCUT2D eigenvalue weighted by Gasteiger charge is 2.16. The van der Waals surface area contributed by atoms with Crippen LogP contribution in [0.25, 0.3) is 16.7 Å². The van der Waals surface area contributed by atoms with Gasteiger partial charge in [0.1, 0.15) is 11.2 Å². The molecule has 0 saturated heterocycles. The normalized spacial score (nSPS) is 11.3. The largest absolute Gasteiger partial charge is 0.324 e. The number of hydrogen-bond acceptors (Lipinski definition) is 5. The summed E-state index contributed by atoms with van der Waals surface area (Å²) in [5, 5.41) is 12.2. The lowest BCUT2D eigenvalue weighted by molar-refractivity contribution is 0.628. The molecule has 0 aliphatic carbocycles. The number of fused-ring (bicyclic) bond motifs is 1. The first kappa shape index (κ1) is 19.4. The van der Waals surface area contributed by atoms with E-state index in [1.54, 1.807) is 16.8 Å². The Bertz CT molecular complexity index is 1460. The van der Waals surface area contributed by atoms with Crippen molar-refractivity contribution >= 4 is 28.9 Å². The van der Waals surface area contributed by atoms with Crippen LogP contribution in [0.5, 0.6) is 0 Å². The van der Waals surface area contributed by atoms with Crippen LogP contribution in [-0.2, 0) is 0 Å². The summed E-state index contributed by atoms with van der Waals surface area (Å²) in [6.07, 6.45) is 2.96. The highest BCUT2D eigenvalue weighted by atomic mass is 19.1. The SMILES string of the molecule is O=c1c2cnn(-c3ccccc3)c2nc(Nc2ccccc2)n1/N=C/c1ccc(F)cc1. The van der Waals surface area contributed by atoms with Crippen molar-refractivity contribution in [2.24, 2.45) is 5.10 Å². The standard InChI is InChI=1S/C24H17FN6O/c25-18-13-11-17(12-14-18)15-26-31-23(32)21-16-27-30(20-9-5-2-6-10-20)22(21)29-24(31)28-19-7-3-1-4-8-19/h1-16H,(H,28,29)/b26-15+. The molecule has 0 aliphatic rings. The predicted molar refractivity (Wildman–Crippen MR) is 122 cm³/mol. The van der Waals surface area contributed by atoms with Gasteiger partial charge in [0.2, 0.25) is 5.95 Å². The molecule has 0 bridgehead atoms. The number of nitrogens with one attached hydrogen (secondary N) is 1. The second kappa shape index (κ2) is 8.27. The zero-order valence-corrected chi connectivity index (χ0v) is 16.8. The first-order valence-corrected chi connectivity index (χ1v) is 9.87. The summed E-state index contributed by atoms with van der Waals surface area (Å²) in [4.78, 5) is 18.0. The van der Waals surface area contributed by atoms with E-state index in [2.05, 4.69) is 20.5 Å². The zero-order chi connectivity index (χ0) is 21.9. The summed E-state index contributed by atoms with van der Waals surface area (Å²) in [5.41, 5.74) is 2.20. The summed E-state index contributed by atoms with van der Waals surface area (Å²) >= 11 is 0. The molecule has 1 N–H and O–H groups in total. The van der Waals surface area contributed by atoms with Gasteiger partial charge in [-0.1, -0.05) is 48.5 Å². The second-order valence-electron chi connectivity index (χ2n) is 6.97. The number of aromatic nitrogens is 4. The van der Waals surface area contributed by atoms with Crippen molar-refractivity contribution in [3.63, 3.8) is 0 Å². The minimum atomic E-state index is -0.381. The maximum atomic E-state index is 13.3. The molecule has 0 spiro atoms. The van der Waals surface area contributed by atoms with E-state index in [0.29, 0.717) is 16.6 Å². The van der Waals surface area contributed by atoms with Crippen molar-refractivity contribution in [2.75, 3.05) is 5.32 Å². The fourth-order valence-electron chi connectivity index (χ4n) is 3.23. The molecule has 0 amide bonds. The fourth-order valence-corrected chi connectivity index (χ4v) is 3.23. The third kappa shape index (κ3) is 3.77. The van der Waals surface area contributed by atoms with E-state index >= 15 is 0 Å². The Hall–Kier alpha value is -4.59. The van der Waals surface area contributed by atoms with E-state index in [0.717, 1.165) is 11.4 Å². The number of halogens is 1. The Labute approximate surface area is 182 Å². The molecule has 8 heteroatoms. The van der Waals surface area contributed by atoms with Gasteiger partial charge in [0.05, 0.1) is 18.1 Å². The lowest BCUT2D eigenvalue weighted by atomic mass is 10.2. The van der Waals surface area contributed by atoms with Gasteiger partial charge in [-0.3, -0.25) is 4.79 Å². The highest BCUT2D eigenvalue weighted by molar-refractivity contribution is 5.81. The molecule has 5 aromatic rings. The molecule has 0 saturated carbocycles. The molecule has 2 heterocycles. The number of nitrogens with zero attached hydrogens (tertiary/aromatic N) is 5. The number of hydrogen-bond donors (Lipinski definition) is 1. The molecule has 156 valence electrons. The quantitative estimate of drug-likeness (QED) is 0.426. The minimum Gasteiger partial charge on any atom is -0.324 e. The van der Waals surface area contributed by atoms with Gasteiger partial charge >= 0.3 is 0 Å². The summed E-state index contributed by atoms with van der Waals surface area (Å²) in [6, 6.07) is 24.6. The van der Waals surface area contributed by atoms with Crippen molar-refractivity contribution in [1.29, 1.82) is 0 Å². The second-order valence-corrected chi connectivity index (χ2v) is 6.97. The van der Waals surface area contributed by atoms with Crippen LogP contribution >= 0.6 is 0 Å². The topological polar surface area (TPSA) is 77.1 Å². The van der Waals surface area contributed by atoms with Crippen LogP contribution in [-0.4, -0.2) is 25.7 Å². The highest BCUT2D eigenvalue weighted by Crippen LogP contribution is 2.19. The first-order chi connectivity index (χ1) is 15.7. The van der Waals surface area contributed by atoms with Gasteiger partial charge in [-0.25, -0.2) is 9.07 Å². The molecule has 0 radical (unpaired) electrons. The monoisotopic (exact) mass is 424 g/mol. The third-order valence-corrected chi connectivity index (χ3v) is 4.80. The van der Waals surface area contributed by atoms with Gasteiger partial charge in [0, 0.05) is 5.69 Å². The summed E-state index contributed by atoms with van der Waals surface area (Å²) in [7, 11) is 0. The first-order valence-electron chi connectivity index (χ1n) is 9.87. The molecular formula is C24H17FN6O. The summed E-state index contributed by atoms with van der Waals surface area (Å²) in [6.45, 7) is 0. The Morgan fingerprint density at radius 1 is 0.906 bits per heavy atom. The van der Waals surface area contributed by atoms with Crippen LogP contribution in [0.4, 0.5) is 16.0 Å².